The topological polar surface area (TPSA) is 103 Å². The quantitative estimate of drug-likeness (QED) is 0.224. The molecular weight excluding hydrogens is 500 g/mol. The number of aromatic nitrogens is 2. The van der Waals surface area contributed by atoms with Crippen LogP contribution in [0.5, 0.6) is 17.2 Å². The summed E-state index contributed by atoms with van der Waals surface area (Å²) in [5.74, 6) is 4.21. The average molecular weight is 535 g/mol. The number of hydrogen-bond donors (Lipinski definition) is 1. The third-order valence-corrected chi connectivity index (χ3v) is 6.30. The van der Waals surface area contributed by atoms with E-state index in [1.807, 2.05) is 54.6 Å². The number of hydrazone groups is 1. The van der Waals surface area contributed by atoms with Crippen molar-refractivity contribution in [2.45, 2.75) is 0 Å². The van der Waals surface area contributed by atoms with Crippen LogP contribution in [0.4, 0.5) is 17.6 Å². The van der Waals surface area contributed by atoms with Crippen LogP contribution in [0.25, 0.3) is 0 Å². The smallest absolute Gasteiger partial charge is 0.229 e. The average Bonchev–Trinajstić information content (AvgIpc) is 3.01. The molecule has 0 amide bonds. The molecule has 39 heavy (non-hydrogen) atoms. The van der Waals surface area contributed by atoms with Gasteiger partial charge in [-0.25, -0.2) is 0 Å². The Balaban J connectivity index is 1.23. The van der Waals surface area contributed by atoms with E-state index in [2.05, 4.69) is 20.3 Å². The first-order valence-corrected chi connectivity index (χ1v) is 13.1. The summed E-state index contributed by atoms with van der Waals surface area (Å²) in [6.07, 6.45) is 1.72. The third-order valence-electron chi connectivity index (χ3n) is 6.30. The summed E-state index contributed by atoms with van der Waals surface area (Å²) >= 11 is 0. The molecule has 11 nitrogen and oxygen atoms in total. The Labute approximate surface area is 228 Å². The molecule has 0 unspecified atom stereocenters. The number of anilines is 3. The van der Waals surface area contributed by atoms with E-state index >= 15 is 0 Å². The fraction of sp³-hybridized carbons (Fsp3) is 0.393. The predicted octanol–water partition coefficient (Wildman–Crippen LogP) is 3.06. The Kier molecular flexibility index (Phi) is 9.27. The summed E-state index contributed by atoms with van der Waals surface area (Å²) in [5.41, 5.74) is 3.92. The lowest BCUT2D eigenvalue weighted by molar-refractivity contribution is 0.121. The molecule has 0 saturated carbocycles. The van der Waals surface area contributed by atoms with Gasteiger partial charge in [0.05, 0.1) is 39.8 Å². The van der Waals surface area contributed by atoms with Gasteiger partial charge in [-0.1, -0.05) is 24.3 Å². The minimum absolute atomic E-state index is 0.369. The largest absolute Gasteiger partial charge is 0.493 e. The van der Waals surface area contributed by atoms with Crippen LogP contribution in [0.2, 0.25) is 0 Å². The molecule has 2 aliphatic heterocycles. The molecule has 3 heterocycles. The Morgan fingerprint density at radius 1 is 0.821 bits per heavy atom. The van der Waals surface area contributed by atoms with Crippen molar-refractivity contribution in [3.05, 3.63) is 60.2 Å². The fourth-order valence-electron chi connectivity index (χ4n) is 4.27. The van der Waals surface area contributed by atoms with Crippen molar-refractivity contribution in [3.8, 4) is 17.2 Å². The van der Waals surface area contributed by atoms with Crippen molar-refractivity contribution in [1.29, 1.82) is 0 Å². The monoisotopic (exact) mass is 534 g/mol. The number of nitrogens with one attached hydrogen (secondary N) is 1. The van der Waals surface area contributed by atoms with Crippen LogP contribution < -0.4 is 29.4 Å². The second kappa shape index (κ2) is 13.6. The van der Waals surface area contributed by atoms with E-state index in [0.29, 0.717) is 68.7 Å². The maximum absolute atomic E-state index is 5.98. The Morgan fingerprint density at radius 2 is 1.44 bits per heavy atom. The van der Waals surface area contributed by atoms with Gasteiger partial charge in [0, 0.05) is 37.8 Å². The van der Waals surface area contributed by atoms with Crippen LogP contribution in [-0.4, -0.2) is 89.1 Å². The maximum Gasteiger partial charge on any atom is 0.229 e. The van der Waals surface area contributed by atoms with Crippen molar-refractivity contribution in [2.75, 3.05) is 88.2 Å². The summed E-state index contributed by atoms with van der Waals surface area (Å²) in [4.78, 5) is 13.9. The molecule has 2 saturated heterocycles. The first-order chi connectivity index (χ1) is 19.3. The van der Waals surface area contributed by atoms with Crippen molar-refractivity contribution in [1.82, 2.24) is 9.97 Å². The molecule has 2 aromatic carbocycles. The Bertz CT molecular complexity index is 1190. The van der Waals surface area contributed by atoms with Gasteiger partial charge < -0.3 is 33.5 Å². The van der Waals surface area contributed by atoms with Crippen molar-refractivity contribution >= 4 is 23.8 Å². The molecule has 0 aliphatic carbocycles. The van der Waals surface area contributed by atoms with Crippen molar-refractivity contribution < 1.29 is 23.7 Å². The zero-order chi connectivity index (χ0) is 26.7. The molecule has 1 N–H and O–H groups in total. The highest BCUT2D eigenvalue weighted by Crippen LogP contribution is 2.26. The SMILES string of the molecule is COc1ccccc1OCCOc1ccccc1C=NNc1cc(N2CCOCC2)nc(N2CCOCC2)n1. The van der Waals surface area contributed by atoms with Crippen LogP contribution in [0.1, 0.15) is 5.56 Å². The number of hydrogen-bond acceptors (Lipinski definition) is 11. The minimum atomic E-state index is 0.369. The number of methoxy groups -OCH3 is 1. The molecule has 0 spiro atoms. The third kappa shape index (κ3) is 7.27. The van der Waals surface area contributed by atoms with Gasteiger partial charge in [-0.3, -0.25) is 5.43 Å². The van der Waals surface area contributed by atoms with Crippen LogP contribution in [-0.2, 0) is 9.47 Å². The summed E-state index contributed by atoms with van der Waals surface area (Å²) in [6.45, 7) is 6.49. The predicted molar refractivity (Wildman–Crippen MR) is 150 cm³/mol. The van der Waals surface area contributed by atoms with Gasteiger partial charge in [0.15, 0.2) is 17.3 Å². The molecule has 2 fully saturated rings. The van der Waals surface area contributed by atoms with Gasteiger partial charge >= 0.3 is 0 Å². The normalized spacial score (nSPS) is 15.8. The zero-order valence-electron chi connectivity index (χ0n) is 22.1. The van der Waals surface area contributed by atoms with Crippen molar-refractivity contribution in [2.24, 2.45) is 5.10 Å². The van der Waals surface area contributed by atoms with E-state index in [4.69, 9.17) is 33.7 Å². The number of nitrogens with zero attached hydrogens (tertiary/aromatic N) is 5. The van der Waals surface area contributed by atoms with E-state index in [1.165, 1.54) is 0 Å². The second-order valence-corrected chi connectivity index (χ2v) is 8.87. The number of ether oxygens (including phenoxy) is 5. The fourth-order valence-corrected chi connectivity index (χ4v) is 4.27. The molecule has 0 bridgehead atoms. The number of rotatable bonds is 11. The van der Waals surface area contributed by atoms with Gasteiger partial charge in [-0.2, -0.15) is 15.1 Å². The molecule has 0 atom stereocenters. The summed E-state index contributed by atoms with van der Waals surface area (Å²) in [5, 5.41) is 4.46. The van der Waals surface area contributed by atoms with Crippen LogP contribution in [0, 0.1) is 0 Å². The first kappa shape index (κ1) is 26.5. The lowest BCUT2D eigenvalue weighted by Gasteiger charge is -2.31. The summed E-state index contributed by atoms with van der Waals surface area (Å²) in [6, 6.07) is 17.2. The molecule has 0 radical (unpaired) electrons. The van der Waals surface area contributed by atoms with Crippen LogP contribution in [0.15, 0.2) is 59.7 Å². The molecule has 5 rings (SSSR count). The van der Waals surface area contributed by atoms with Crippen molar-refractivity contribution in [3.63, 3.8) is 0 Å². The highest BCUT2D eigenvalue weighted by Gasteiger charge is 2.19. The minimum Gasteiger partial charge on any atom is -0.493 e. The first-order valence-electron chi connectivity index (χ1n) is 13.1. The van der Waals surface area contributed by atoms with Gasteiger partial charge in [0.25, 0.3) is 0 Å². The second-order valence-electron chi connectivity index (χ2n) is 8.87. The van der Waals surface area contributed by atoms with Crippen LogP contribution >= 0.6 is 0 Å². The van der Waals surface area contributed by atoms with Gasteiger partial charge in [0.2, 0.25) is 5.95 Å². The van der Waals surface area contributed by atoms with Gasteiger partial charge in [-0.15, -0.1) is 0 Å². The summed E-state index contributed by atoms with van der Waals surface area (Å²) in [7, 11) is 1.62. The lowest BCUT2D eigenvalue weighted by Crippen LogP contribution is -2.39. The highest BCUT2D eigenvalue weighted by atomic mass is 16.5. The molecular formula is C28H34N6O5. The summed E-state index contributed by atoms with van der Waals surface area (Å²) < 4.78 is 28.1. The lowest BCUT2D eigenvalue weighted by atomic mass is 10.2. The van der Waals surface area contributed by atoms with E-state index < -0.39 is 0 Å². The Hall–Kier alpha value is -4.09. The van der Waals surface area contributed by atoms with E-state index in [-0.39, 0.29) is 0 Å². The standard InChI is InChI=1S/C28H34N6O5/c1-35-24-8-4-5-9-25(24)39-19-18-38-23-7-3-2-6-22(23)21-29-32-26-20-27(33-10-14-36-15-11-33)31-28(30-26)34-12-16-37-17-13-34/h2-9,20-21H,10-19H2,1H3,(H,30,31,32). The van der Waals surface area contributed by atoms with Gasteiger partial charge in [-0.05, 0) is 24.3 Å². The highest BCUT2D eigenvalue weighted by molar-refractivity contribution is 5.84. The molecule has 2 aliphatic rings. The number of benzene rings is 2. The van der Waals surface area contributed by atoms with E-state index in [9.17, 15) is 0 Å². The molecule has 1 aromatic heterocycles. The molecule has 206 valence electrons. The molecule has 11 heteroatoms. The number of morpholine rings is 2. The number of para-hydroxylation sites is 3. The maximum atomic E-state index is 5.98. The van der Waals surface area contributed by atoms with E-state index in [1.54, 1.807) is 13.3 Å². The van der Waals surface area contributed by atoms with Gasteiger partial charge in [0.1, 0.15) is 24.8 Å². The van der Waals surface area contributed by atoms with E-state index in [0.717, 1.165) is 37.6 Å². The Morgan fingerprint density at radius 3 is 2.15 bits per heavy atom. The zero-order valence-corrected chi connectivity index (χ0v) is 22.1. The molecule has 3 aromatic rings. The van der Waals surface area contributed by atoms with Crippen LogP contribution in [0.3, 0.4) is 0 Å².